The molecule has 0 spiro atoms. The minimum absolute atomic E-state index is 0.00910. The summed E-state index contributed by atoms with van der Waals surface area (Å²) in [7, 11) is -2.49. The van der Waals surface area contributed by atoms with E-state index in [1.54, 1.807) is 0 Å². The number of ether oxygens (including phenoxy) is 1. The molecule has 0 aliphatic heterocycles. The van der Waals surface area contributed by atoms with E-state index < -0.39 is 27.7 Å². The van der Waals surface area contributed by atoms with E-state index in [0.717, 1.165) is 24.3 Å². The van der Waals surface area contributed by atoms with E-state index in [2.05, 4.69) is 15.0 Å². The number of hydrogen-bond donors (Lipinski definition) is 2. The first-order valence-electron chi connectivity index (χ1n) is 8.69. The number of alkyl halides is 3. The molecule has 1 heterocycles. The molecular weight excluding hydrogens is 435 g/mol. The van der Waals surface area contributed by atoms with Crippen molar-refractivity contribution < 1.29 is 31.1 Å². The number of aromatic nitrogens is 1. The number of nitrogens with zero attached hydrogens (tertiary/aromatic N) is 1. The average molecular weight is 451 g/mol. The van der Waals surface area contributed by atoms with Crippen LogP contribution >= 0.6 is 0 Å². The number of anilines is 2. The van der Waals surface area contributed by atoms with Crippen LogP contribution in [0.5, 0.6) is 5.75 Å². The summed E-state index contributed by atoms with van der Waals surface area (Å²) in [5.41, 5.74) is -0.657. The topological polar surface area (TPSA) is 97.4 Å². The molecule has 0 aliphatic carbocycles. The Hall–Kier alpha value is -3.60. The monoisotopic (exact) mass is 451 g/mol. The Kier molecular flexibility index (Phi) is 6.16. The molecule has 0 radical (unpaired) electrons. The molecule has 0 bridgehead atoms. The average Bonchev–Trinajstić information content (AvgIpc) is 2.73. The summed E-state index contributed by atoms with van der Waals surface area (Å²) in [6.07, 6.45) is -2.07. The predicted molar refractivity (Wildman–Crippen MR) is 107 cm³/mol. The van der Waals surface area contributed by atoms with Crippen molar-refractivity contribution in [2.24, 2.45) is 0 Å². The van der Waals surface area contributed by atoms with Gasteiger partial charge in [0.1, 0.15) is 5.75 Å². The first kappa shape index (κ1) is 22.1. The Bertz CT molecular complexity index is 1180. The molecule has 3 rings (SSSR count). The third-order valence-electron chi connectivity index (χ3n) is 4.09. The number of hydrogen-bond acceptors (Lipinski definition) is 5. The maximum Gasteiger partial charge on any atom is 0.416 e. The Balaban J connectivity index is 1.73. The van der Waals surface area contributed by atoms with Crippen LogP contribution in [0.25, 0.3) is 0 Å². The highest BCUT2D eigenvalue weighted by Gasteiger charge is 2.30. The lowest BCUT2D eigenvalue weighted by Gasteiger charge is -2.11. The first-order valence-corrected chi connectivity index (χ1v) is 10.2. The minimum Gasteiger partial charge on any atom is -0.497 e. The van der Waals surface area contributed by atoms with Gasteiger partial charge in [-0.2, -0.15) is 13.2 Å². The molecule has 0 atom stereocenters. The molecule has 3 aromatic rings. The molecule has 0 saturated carbocycles. The second kappa shape index (κ2) is 8.64. The fourth-order valence-corrected chi connectivity index (χ4v) is 3.57. The van der Waals surface area contributed by atoms with Gasteiger partial charge in [-0.25, -0.2) is 8.42 Å². The summed E-state index contributed by atoms with van der Waals surface area (Å²) in [6.45, 7) is 0. The lowest BCUT2D eigenvalue weighted by molar-refractivity contribution is -0.137. The summed E-state index contributed by atoms with van der Waals surface area (Å²) >= 11 is 0. The normalized spacial score (nSPS) is 11.6. The van der Waals surface area contributed by atoms with Crippen LogP contribution in [0.2, 0.25) is 0 Å². The molecule has 11 heteroatoms. The Morgan fingerprint density at radius 3 is 2.19 bits per heavy atom. The first-order chi connectivity index (χ1) is 14.6. The number of benzene rings is 2. The largest absolute Gasteiger partial charge is 0.497 e. The molecule has 2 N–H and O–H groups in total. The lowest BCUT2D eigenvalue weighted by atomic mass is 10.2. The van der Waals surface area contributed by atoms with E-state index in [0.29, 0.717) is 5.75 Å². The van der Waals surface area contributed by atoms with Crippen molar-refractivity contribution in [3.8, 4) is 5.75 Å². The number of sulfonamides is 1. The summed E-state index contributed by atoms with van der Waals surface area (Å²) in [4.78, 5) is 16.2. The SMILES string of the molecule is COc1ccc(S(=O)(=O)Nc2cncc(C(=O)Nc3ccc(C(F)(F)F)cc3)c2)cc1. The van der Waals surface area contributed by atoms with E-state index in [9.17, 15) is 26.4 Å². The zero-order chi connectivity index (χ0) is 22.6. The van der Waals surface area contributed by atoms with Crippen LogP contribution < -0.4 is 14.8 Å². The van der Waals surface area contributed by atoms with Crippen LogP contribution in [0.1, 0.15) is 15.9 Å². The summed E-state index contributed by atoms with van der Waals surface area (Å²) in [5, 5.41) is 2.43. The van der Waals surface area contributed by atoms with E-state index in [4.69, 9.17) is 4.74 Å². The number of methoxy groups -OCH3 is 1. The number of carbonyl (C=O) groups excluding carboxylic acids is 1. The smallest absolute Gasteiger partial charge is 0.416 e. The number of pyridine rings is 1. The van der Waals surface area contributed by atoms with Crippen LogP contribution in [-0.2, 0) is 16.2 Å². The van der Waals surface area contributed by atoms with Gasteiger partial charge in [0.25, 0.3) is 15.9 Å². The number of amides is 1. The second-order valence-corrected chi connectivity index (χ2v) is 7.95. The summed E-state index contributed by atoms with van der Waals surface area (Å²) in [6, 6.07) is 10.9. The maximum atomic E-state index is 12.6. The highest BCUT2D eigenvalue weighted by atomic mass is 32.2. The van der Waals surface area contributed by atoms with E-state index in [1.807, 2.05) is 0 Å². The van der Waals surface area contributed by atoms with E-state index in [1.165, 1.54) is 49.8 Å². The van der Waals surface area contributed by atoms with Crippen molar-refractivity contribution in [2.75, 3.05) is 17.1 Å². The van der Waals surface area contributed by atoms with Crippen molar-refractivity contribution in [3.63, 3.8) is 0 Å². The second-order valence-electron chi connectivity index (χ2n) is 6.27. The van der Waals surface area contributed by atoms with Gasteiger partial charge in [-0.05, 0) is 54.6 Å². The van der Waals surface area contributed by atoms with Crippen molar-refractivity contribution in [2.45, 2.75) is 11.1 Å². The quantitative estimate of drug-likeness (QED) is 0.587. The van der Waals surface area contributed by atoms with Crippen LogP contribution in [0, 0.1) is 0 Å². The molecule has 0 aliphatic rings. The lowest BCUT2D eigenvalue weighted by Crippen LogP contribution is -2.16. The van der Waals surface area contributed by atoms with Crippen molar-refractivity contribution in [1.29, 1.82) is 0 Å². The van der Waals surface area contributed by atoms with Gasteiger partial charge in [0, 0.05) is 11.9 Å². The minimum atomic E-state index is -4.48. The third-order valence-corrected chi connectivity index (χ3v) is 5.49. The van der Waals surface area contributed by atoms with Gasteiger partial charge in [-0.1, -0.05) is 0 Å². The molecule has 0 fully saturated rings. The highest BCUT2D eigenvalue weighted by molar-refractivity contribution is 7.92. The zero-order valence-corrected chi connectivity index (χ0v) is 16.8. The summed E-state index contributed by atoms with van der Waals surface area (Å²) in [5.74, 6) is -0.180. The van der Waals surface area contributed by atoms with Crippen LogP contribution in [0.4, 0.5) is 24.5 Å². The molecule has 1 aromatic heterocycles. The zero-order valence-electron chi connectivity index (χ0n) is 16.0. The fourth-order valence-electron chi connectivity index (χ4n) is 2.53. The number of halogens is 3. The van der Waals surface area contributed by atoms with Crippen molar-refractivity contribution >= 4 is 27.3 Å². The van der Waals surface area contributed by atoms with Gasteiger partial charge in [-0.15, -0.1) is 0 Å². The molecule has 1 amide bonds. The van der Waals surface area contributed by atoms with Crippen molar-refractivity contribution in [1.82, 2.24) is 4.98 Å². The Morgan fingerprint density at radius 1 is 0.968 bits per heavy atom. The Labute approximate surface area is 175 Å². The summed E-state index contributed by atoms with van der Waals surface area (Å²) < 4.78 is 70.2. The molecule has 2 aromatic carbocycles. The van der Waals surface area contributed by atoms with Gasteiger partial charge in [-0.3, -0.25) is 14.5 Å². The Morgan fingerprint density at radius 2 is 1.61 bits per heavy atom. The maximum absolute atomic E-state index is 12.6. The molecule has 0 saturated heterocycles. The van der Waals surface area contributed by atoms with Gasteiger partial charge in [0.2, 0.25) is 0 Å². The number of rotatable bonds is 6. The van der Waals surface area contributed by atoms with Crippen LogP contribution in [0.15, 0.2) is 71.9 Å². The van der Waals surface area contributed by atoms with Gasteiger partial charge in [0.15, 0.2) is 0 Å². The van der Waals surface area contributed by atoms with Gasteiger partial charge >= 0.3 is 6.18 Å². The van der Waals surface area contributed by atoms with Gasteiger partial charge in [0.05, 0.1) is 35.0 Å². The van der Waals surface area contributed by atoms with Crippen molar-refractivity contribution in [3.05, 3.63) is 78.1 Å². The number of nitrogens with one attached hydrogen (secondary N) is 2. The molecule has 31 heavy (non-hydrogen) atoms. The van der Waals surface area contributed by atoms with Crippen LogP contribution in [-0.4, -0.2) is 26.4 Å². The van der Waals surface area contributed by atoms with E-state index >= 15 is 0 Å². The molecular formula is C20H16F3N3O4S. The standard InChI is InChI=1S/C20H16F3N3O4S/c1-30-17-6-8-18(9-7-17)31(28,29)26-16-10-13(11-24-12-16)19(27)25-15-4-2-14(3-5-15)20(21,22)23/h2-12,26H,1H3,(H,25,27). The molecule has 7 nitrogen and oxygen atoms in total. The van der Waals surface area contributed by atoms with E-state index in [-0.39, 0.29) is 21.8 Å². The highest BCUT2D eigenvalue weighted by Crippen LogP contribution is 2.30. The molecule has 162 valence electrons. The third kappa shape index (κ3) is 5.51. The fraction of sp³-hybridized carbons (Fsp3) is 0.100. The number of carbonyl (C=O) groups is 1. The predicted octanol–water partition coefficient (Wildman–Crippen LogP) is 4.16. The molecule has 0 unspecified atom stereocenters. The van der Waals surface area contributed by atoms with Crippen LogP contribution in [0.3, 0.4) is 0 Å². The van der Waals surface area contributed by atoms with Gasteiger partial charge < -0.3 is 10.1 Å².